The molecule has 0 unspecified atom stereocenters. The molecule has 3 rings (SSSR count). The maximum absolute atomic E-state index is 12.3. The molecule has 1 aliphatic heterocycles. The monoisotopic (exact) mass is 401 g/mol. The first-order chi connectivity index (χ1) is 13.3. The van der Waals surface area contributed by atoms with Gasteiger partial charge in [0.05, 0.1) is 23.0 Å². The van der Waals surface area contributed by atoms with Gasteiger partial charge in [0, 0.05) is 11.3 Å². The van der Waals surface area contributed by atoms with Crippen molar-refractivity contribution in [1.82, 2.24) is 0 Å². The van der Waals surface area contributed by atoms with E-state index in [4.69, 9.17) is 4.74 Å². The Labute approximate surface area is 162 Å². The lowest BCUT2D eigenvalue weighted by atomic mass is 9.99. The molecule has 146 valence electrons. The van der Waals surface area contributed by atoms with Crippen LogP contribution >= 0.6 is 0 Å². The summed E-state index contributed by atoms with van der Waals surface area (Å²) in [7, 11) is -3.59. The molecule has 0 aromatic heterocycles. The number of benzene rings is 2. The number of anilines is 1. The van der Waals surface area contributed by atoms with Gasteiger partial charge in [-0.15, -0.1) is 0 Å². The number of hydrogen-bond donors (Lipinski definition) is 1. The highest BCUT2D eigenvalue weighted by Gasteiger charge is 2.27. The van der Waals surface area contributed by atoms with Crippen LogP contribution in [0.25, 0.3) is 0 Å². The van der Waals surface area contributed by atoms with Gasteiger partial charge in [0.1, 0.15) is 0 Å². The van der Waals surface area contributed by atoms with E-state index in [9.17, 15) is 22.8 Å². The summed E-state index contributed by atoms with van der Waals surface area (Å²) in [6.07, 6.45) is -0.343. The molecule has 0 spiro atoms. The summed E-state index contributed by atoms with van der Waals surface area (Å²) in [5, 5.41) is 2.72. The minimum atomic E-state index is -3.59. The third kappa shape index (κ3) is 4.28. The molecule has 2 aromatic carbocycles. The van der Waals surface area contributed by atoms with Crippen LogP contribution in [0.4, 0.5) is 5.69 Å². The molecule has 1 N–H and O–H groups in total. The molecule has 1 atom stereocenters. The van der Waals surface area contributed by atoms with E-state index in [1.54, 1.807) is 43.3 Å². The lowest BCUT2D eigenvalue weighted by molar-refractivity contribution is -0.142. The molecule has 0 saturated heterocycles. The number of amides is 1. The van der Waals surface area contributed by atoms with E-state index in [0.717, 1.165) is 5.56 Å². The first-order valence-corrected chi connectivity index (χ1v) is 10.3. The van der Waals surface area contributed by atoms with Crippen molar-refractivity contribution in [1.29, 1.82) is 0 Å². The summed E-state index contributed by atoms with van der Waals surface area (Å²) in [5.74, 6) is -2.07. The normalized spacial score (nSPS) is 15.6. The molecular weight excluding hydrogens is 382 g/mol. The summed E-state index contributed by atoms with van der Waals surface area (Å²) in [6, 6.07) is 12.6. The van der Waals surface area contributed by atoms with Crippen LogP contribution in [0.2, 0.25) is 0 Å². The van der Waals surface area contributed by atoms with Crippen molar-refractivity contribution in [3.05, 3.63) is 59.7 Å². The maximum Gasteiger partial charge on any atom is 0.307 e. The molecule has 8 heteroatoms. The van der Waals surface area contributed by atoms with E-state index >= 15 is 0 Å². The summed E-state index contributed by atoms with van der Waals surface area (Å²) < 4.78 is 29.2. The van der Waals surface area contributed by atoms with Crippen LogP contribution in [0.15, 0.2) is 53.4 Å². The minimum absolute atomic E-state index is 0.134. The Kier molecular flexibility index (Phi) is 5.60. The summed E-state index contributed by atoms with van der Waals surface area (Å²) in [5.41, 5.74) is 1.71. The molecule has 1 heterocycles. The smallest absolute Gasteiger partial charge is 0.307 e. The predicted molar refractivity (Wildman–Crippen MR) is 102 cm³/mol. The van der Waals surface area contributed by atoms with Crippen LogP contribution in [0, 0.1) is 0 Å². The quantitative estimate of drug-likeness (QED) is 0.564. The molecule has 0 fully saturated rings. The Balaban J connectivity index is 1.54. The zero-order valence-corrected chi connectivity index (χ0v) is 16.0. The van der Waals surface area contributed by atoms with E-state index in [1.807, 2.05) is 0 Å². The standard InChI is InChI=1S/C20H19NO6S/c1-13-16-11-14(7-8-17(16)21-20(13)24)18(22)12-27-19(23)9-10-28(25,26)15-5-3-2-4-6-15/h2-8,11,13H,9-10,12H2,1H3,(H,21,24)/t13-/m0/s1. The highest BCUT2D eigenvalue weighted by Crippen LogP contribution is 2.32. The van der Waals surface area contributed by atoms with Gasteiger partial charge in [-0.3, -0.25) is 14.4 Å². The Bertz CT molecular complexity index is 1030. The van der Waals surface area contributed by atoms with Crippen LogP contribution < -0.4 is 5.32 Å². The highest BCUT2D eigenvalue weighted by atomic mass is 32.2. The lowest BCUT2D eigenvalue weighted by Gasteiger charge is -2.07. The van der Waals surface area contributed by atoms with Gasteiger partial charge in [-0.05, 0) is 42.8 Å². The van der Waals surface area contributed by atoms with Gasteiger partial charge in [-0.2, -0.15) is 0 Å². The second kappa shape index (κ2) is 7.93. The van der Waals surface area contributed by atoms with E-state index in [0.29, 0.717) is 11.3 Å². The second-order valence-electron chi connectivity index (χ2n) is 6.48. The zero-order chi connectivity index (χ0) is 20.3. The number of Topliss-reactive ketones (excluding diaryl/α,β-unsaturated/α-hetero) is 1. The number of ketones is 1. The van der Waals surface area contributed by atoms with Crippen molar-refractivity contribution in [2.45, 2.75) is 24.2 Å². The summed E-state index contributed by atoms with van der Waals surface area (Å²) in [4.78, 5) is 35.9. The molecule has 7 nitrogen and oxygen atoms in total. The van der Waals surface area contributed by atoms with E-state index < -0.39 is 33.9 Å². The number of fused-ring (bicyclic) bond motifs is 1. The SMILES string of the molecule is C[C@@H]1C(=O)Nc2ccc(C(=O)COC(=O)CCS(=O)(=O)c3ccccc3)cc21. The first-order valence-electron chi connectivity index (χ1n) is 8.69. The number of ether oxygens (including phenoxy) is 1. The van der Waals surface area contributed by atoms with Crippen LogP contribution in [0.1, 0.15) is 35.2 Å². The molecule has 0 radical (unpaired) electrons. The average Bonchev–Trinajstić information content (AvgIpc) is 2.98. The third-order valence-electron chi connectivity index (χ3n) is 4.53. The number of esters is 1. The van der Waals surface area contributed by atoms with Crippen LogP contribution in [-0.4, -0.2) is 38.4 Å². The molecule has 1 amide bonds. The molecule has 0 bridgehead atoms. The number of carbonyl (C=O) groups excluding carboxylic acids is 3. The molecular formula is C20H19NO6S. The fraction of sp³-hybridized carbons (Fsp3) is 0.250. The number of rotatable bonds is 7. The van der Waals surface area contributed by atoms with Crippen LogP contribution in [0.5, 0.6) is 0 Å². The molecule has 0 saturated carbocycles. The van der Waals surface area contributed by atoms with Crippen LogP contribution in [-0.2, 0) is 24.2 Å². The van der Waals surface area contributed by atoms with Crippen molar-refractivity contribution in [3.8, 4) is 0 Å². The first kappa shape index (κ1) is 19.8. The van der Waals surface area contributed by atoms with Gasteiger partial charge >= 0.3 is 5.97 Å². The lowest BCUT2D eigenvalue weighted by Crippen LogP contribution is -2.17. The van der Waals surface area contributed by atoms with Gasteiger partial charge < -0.3 is 10.1 Å². The number of sulfone groups is 1. The molecule has 2 aromatic rings. The fourth-order valence-electron chi connectivity index (χ4n) is 2.86. The topological polar surface area (TPSA) is 107 Å². The second-order valence-corrected chi connectivity index (χ2v) is 8.59. The third-order valence-corrected chi connectivity index (χ3v) is 6.26. The zero-order valence-electron chi connectivity index (χ0n) is 15.2. The minimum Gasteiger partial charge on any atom is -0.457 e. The number of carbonyl (C=O) groups is 3. The van der Waals surface area contributed by atoms with E-state index in [1.165, 1.54) is 12.1 Å². The van der Waals surface area contributed by atoms with Crippen molar-refractivity contribution in [2.24, 2.45) is 0 Å². The number of hydrogen-bond acceptors (Lipinski definition) is 6. The number of nitrogens with one attached hydrogen (secondary N) is 1. The van der Waals surface area contributed by atoms with Crippen molar-refractivity contribution < 1.29 is 27.5 Å². The predicted octanol–water partition coefficient (Wildman–Crippen LogP) is 2.33. The Morgan fingerprint density at radius 1 is 1.11 bits per heavy atom. The van der Waals surface area contributed by atoms with Crippen molar-refractivity contribution in [3.63, 3.8) is 0 Å². The largest absolute Gasteiger partial charge is 0.457 e. The Hall–Kier alpha value is -3.00. The van der Waals surface area contributed by atoms with Crippen molar-refractivity contribution in [2.75, 3.05) is 17.7 Å². The molecule has 0 aliphatic carbocycles. The summed E-state index contributed by atoms with van der Waals surface area (Å²) in [6.45, 7) is 1.25. The molecule has 28 heavy (non-hydrogen) atoms. The van der Waals surface area contributed by atoms with Gasteiger partial charge in [0.15, 0.2) is 22.2 Å². The maximum atomic E-state index is 12.3. The molecule has 1 aliphatic rings. The van der Waals surface area contributed by atoms with Gasteiger partial charge in [-0.25, -0.2) is 8.42 Å². The average molecular weight is 401 g/mol. The van der Waals surface area contributed by atoms with Crippen molar-refractivity contribution >= 4 is 33.2 Å². The Morgan fingerprint density at radius 3 is 2.54 bits per heavy atom. The summed E-state index contributed by atoms with van der Waals surface area (Å²) >= 11 is 0. The van der Waals surface area contributed by atoms with Gasteiger partial charge in [-0.1, -0.05) is 18.2 Å². The Morgan fingerprint density at radius 2 is 1.82 bits per heavy atom. The highest BCUT2D eigenvalue weighted by molar-refractivity contribution is 7.91. The van der Waals surface area contributed by atoms with Gasteiger partial charge in [0.25, 0.3) is 0 Å². The van der Waals surface area contributed by atoms with Gasteiger partial charge in [0.2, 0.25) is 5.91 Å². The van der Waals surface area contributed by atoms with E-state index in [-0.39, 0.29) is 23.1 Å². The van der Waals surface area contributed by atoms with Crippen LogP contribution in [0.3, 0.4) is 0 Å². The fourth-order valence-corrected chi connectivity index (χ4v) is 4.10. The van der Waals surface area contributed by atoms with E-state index in [2.05, 4.69) is 5.32 Å².